The minimum atomic E-state index is -0.563. The zero-order valence-corrected chi connectivity index (χ0v) is 17.9. The lowest BCUT2D eigenvalue weighted by Crippen LogP contribution is -2.42. The van der Waals surface area contributed by atoms with Crippen molar-refractivity contribution < 1.29 is 9.59 Å². The van der Waals surface area contributed by atoms with Crippen molar-refractivity contribution in [3.63, 3.8) is 0 Å². The second-order valence-electron chi connectivity index (χ2n) is 7.04. The third kappa shape index (κ3) is 5.66. The van der Waals surface area contributed by atoms with E-state index in [4.69, 9.17) is 0 Å². The Hall–Kier alpha value is -3.20. The zero-order valence-electron chi connectivity index (χ0n) is 17.1. The number of carbonyl (C=O) groups excluding carboxylic acids is 2. The van der Waals surface area contributed by atoms with E-state index in [2.05, 4.69) is 40.0 Å². The molecule has 0 fully saturated rings. The van der Waals surface area contributed by atoms with Crippen molar-refractivity contribution in [2.24, 2.45) is 0 Å². The van der Waals surface area contributed by atoms with Crippen molar-refractivity contribution in [3.05, 3.63) is 65.7 Å². The van der Waals surface area contributed by atoms with Gasteiger partial charge in [0, 0.05) is 6.54 Å². The third-order valence-corrected chi connectivity index (χ3v) is 5.46. The first kappa shape index (κ1) is 21.5. The maximum atomic E-state index is 12.4. The number of rotatable bonds is 7. The fourth-order valence-corrected chi connectivity index (χ4v) is 3.47. The summed E-state index contributed by atoms with van der Waals surface area (Å²) < 4.78 is 1.58. The smallest absolute Gasteiger partial charge is 0.321 e. The van der Waals surface area contributed by atoms with Gasteiger partial charge in [-0.15, -0.1) is 5.10 Å². The van der Waals surface area contributed by atoms with Crippen LogP contribution in [-0.4, -0.2) is 37.4 Å². The van der Waals surface area contributed by atoms with E-state index < -0.39 is 17.2 Å². The number of aromatic nitrogens is 4. The van der Waals surface area contributed by atoms with E-state index in [0.717, 1.165) is 11.3 Å². The van der Waals surface area contributed by atoms with Crippen molar-refractivity contribution in [2.45, 2.75) is 43.6 Å². The molecular formula is C21H24N6O2S. The van der Waals surface area contributed by atoms with Gasteiger partial charge in [0.2, 0.25) is 11.1 Å². The Kier molecular flexibility index (Phi) is 7.18. The van der Waals surface area contributed by atoms with Gasteiger partial charge in [-0.05, 0) is 46.5 Å². The van der Waals surface area contributed by atoms with Gasteiger partial charge in [-0.1, -0.05) is 68.1 Å². The van der Waals surface area contributed by atoms with E-state index in [-0.39, 0.29) is 0 Å². The summed E-state index contributed by atoms with van der Waals surface area (Å²) in [5.74, 6) is 0.00814. The molecule has 2 N–H and O–H groups in total. The maximum absolute atomic E-state index is 12.4. The molecule has 0 saturated heterocycles. The number of amides is 3. The third-order valence-electron chi connectivity index (χ3n) is 4.43. The van der Waals surface area contributed by atoms with Gasteiger partial charge in [-0.25, -0.2) is 4.79 Å². The van der Waals surface area contributed by atoms with E-state index in [9.17, 15) is 9.59 Å². The topological polar surface area (TPSA) is 102 Å². The lowest BCUT2D eigenvalue weighted by atomic mass is 10.0. The molecule has 3 aromatic rings. The average Bonchev–Trinajstić information content (AvgIpc) is 3.21. The van der Waals surface area contributed by atoms with E-state index in [1.807, 2.05) is 54.6 Å². The number of hydrogen-bond donors (Lipinski definition) is 2. The summed E-state index contributed by atoms with van der Waals surface area (Å²) in [5.41, 5.74) is 2.97. The molecule has 0 aliphatic rings. The number of nitrogens with zero attached hydrogens (tertiary/aromatic N) is 4. The predicted molar refractivity (Wildman–Crippen MR) is 115 cm³/mol. The first-order valence-corrected chi connectivity index (χ1v) is 10.5. The first-order chi connectivity index (χ1) is 14.4. The quantitative estimate of drug-likeness (QED) is 0.564. The van der Waals surface area contributed by atoms with Crippen molar-refractivity contribution in [1.29, 1.82) is 0 Å². The van der Waals surface area contributed by atoms with Gasteiger partial charge in [0.15, 0.2) is 0 Å². The van der Waals surface area contributed by atoms with Gasteiger partial charge in [0.05, 0.1) is 10.9 Å². The molecule has 156 valence electrons. The Morgan fingerprint density at radius 3 is 2.40 bits per heavy atom. The summed E-state index contributed by atoms with van der Waals surface area (Å²) in [5, 5.41) is 16.7. The monoisotopic (exact) mass is 424 g/mol. The second-order valence-corrected chi connectivity index (χ2v) is 8.35. The van der Waals surface area contributed by atoms with Crippen LogP contribution < -0.4 is 10.6 Å². The molecule has 3 rings (SSSR count). The highest BCUT2D eigenvalue weighted by atomic mass is 32.2. The number of tetrazole rings is 1. The van der Waals surface area contributed by atoms with Gasteiger partial charge < -0.3 is 5.32 Å². The molecule has 1 heterocycles. The van der Waals surface area contributed by atoms with Crippen LogP contribution in [0.1, 0.15) is 37.8 Å². The van der Waals surface area contributed by atoms with Crippen LogP contribution in [0, 0.1) is 0 Å². The average molecular weight is 425 g/mol. The maximum Gasteiger partial charge on any atom is 0.321 e. The normalized spacial score (nSPS) is 11.9. The minimum Gasteiger partial charge on any atom is -0.334 e. The summed E-state index contributed by atoms with van der Waals surface area (Å²) in [4.78, 5) is 24.4. The van der Waals surface area contributed by atoms with E-state index in [1.165, 1.54) is 17.3 Å². The largest absolute Gasteiger partial charge is 0.334 e. The standard InChI is InChI=1S/C21H24N6O2S/c1-14(2)17-9-11-18(12-10-17)27-21(24-25-26-27)30-15(3)19(28)23-20(29)22-13-16-7-5-4-6-8-16/h4-12,14-15H,13H2,1-3H3,(H2,22,23,28,29). The highest BCUT2D eigenvalue weighted by Crippen LogP contribution is 2.24. The Morgan fingerprint density at radius 2 is 1.73 bits per heavy atom. The molecule has 30 heavy (non-hydrogen) atoms. The van der Waals surface area contributed by atoms with Crippen LogP contribution in [0.4, 0.5) is 4.79 Å². The highest BCUT2D eigenvalue weighted by Gasteiger charge is 2.21. The SMILES string of the molecule is CC(Sc1nnnn1-c1ccc(C(C)C)cc1)C(=O)NC(=O)NCc1ccccc1. The summed E-state index contributed by atoms with van der Waals surface area (Å²) >= 11 is 1.18. The van der Waals surface area contributed by atoms with E-state index in [0.29, 0.717) is 17.6 Å². The molecule has 9 heteroatoms. The van der Waals surface area contributed by atoms with Crippen molar-refractivity contribution in [1.82, 2.24) is 30.8 Å². The number of carbonyl (C=O) groups is 2. The molecule has 8 nitrogen and oxygen atoms in total. The predicted octanol–water partition coefficient (Wildman–Crippen LogP) is 3.29. The molecule has 3 amide bonds. The lowest BCUT2D eigenvalue weighted by Gasteiger charge is -2.12. The van der Waals surface area contributed by atoms with Crippen LogP contribution in [0.5, 0.6) is 0 Å². The van der Waals surface area contributed by atoms with E-state index >= 15 is 0 Å². The van der Waals surface area contributed by atoms with Gasteiger partial charge in [0.1, 0.15) is 0 Å². The number of urea groups is 1. The summed E-state index contributed by atoms with van der Waals surface area (Å²) in [7, 11) is 0. The number of imide groups is 1. The molecule has 0 aliphatic carbocycles. The Balaban J connectivity index is 1.56. The summed E-state index contributed by atoms with van der Waals surface area (Å²) in [6, 6.07) is 16.9. The number of benzene rings is 2. The molecule has 1 atom stereocenters. The lowest BCUT2D eigenvalue weighted by molar-refractivity contribution is -0.119. The molecule has 1 aromatic heterocycles. The Labute approximate surface area is 179 Å². The fourth-order valence-electron chi connectivity index (χ4n) is 2.66. The number of nitrogens with one attached hydrogen (secondary N) is 2. The zero-order chi connectivity index (χ0) is 21.5. The molecule has 0 spiro atoms. The van der Waals surface area contributed by atoms with Gasteiger partial charge in [-0.3, -0.25) is 10.1 Å². The molecule has 1 unspecified atom stereocenters. The van der Waals surface area contributed by atoms with Gasteiger partial charge >= 0.3 is 6.03 Å². The Bertz CT molecular complexity index is 988. The molecular weight excluding hydrogens is 400 g/mol. The van der Waals surface area contributed by atoms with Crippen LogP contribution in [0.15, 0.2) is 59.8 Å². The van der Waals surface area contributed by atoms with Gasteiger partial charge in [0.25, 0.3) is 0 Å². The second kappa shape index (κ2) is 10.0. The fraction of sp³-hybridized carbons (Fsp3) is 0.286. The van der Waals surface area contributed by atoms with Crippen molar-refractivity contribution in [3.8, 4) is 5.69 Å². The molecule has 0 saturated carbocycles. The van der Waals surface area contributed by atoms with Crippen LogP contribution in [0.25, 0.3) is 5.69 Å². The molecule has 0 radical (unpaired) electrons. The number of hydrogen-bond acceptors (Lipinski definition) is 6. The van der Waals surface area contributed by atoms with Crippen LogP contribution >= 0.6 is 11.8 Å². The summed E-state index contributed by atoms with van der Waals surface area (Å²) in [6.07, 6.45) is 0. The van der Waals surface area contributed by atoms with Crippen molar-refractivity contribution >= 4 is 23.7 Å². The highest BCUT2D eigenvalue weighted by molar-refractivity contribution is 8.00. The first-order valence-electron chi connectivity index (χ1n) is 9.62. The number of thioether (sulfide) groups is 1. The molecule has 0 aliphatic heterocycles. The minimum absolute atomic E-state index is 0.339. The molecule has 0 bridgehead atoms. The van der Waals surface area contributed by atoms with Crippen LogP contribution in [-0.2, 0) is 11.3 Å². The van der Waals surface area contributed by atoms with E-state index in [1.54, 1.807) is 11.6 Å². The van der Waals surface area contributed by atoms with Crippen LogP contribution in [0.2, 0.25) is 0 Å². The van der Waals surface area contributed by atoms with Gasteiger partial charge in [-0.2, -0.15) is 4.68 Å². The molecule has 2 aromatic carbocycles. The van der Waals surface area contributed by atoms with Crippen molar-refractivity contribution in [2.75, 3.05) is 0 Å². The summed E-state index contributed by atoms with van der Waals surface area (Å²) in [6.45, 7) is 6.30. The Morgan fingerprint density at radius 1 is 1.03 bits per heavy atom. The van der Waals surface area contributed by atoms with Crippen LogP contribution in [0.3, 0.4) is 0 Å².